The van der Waals surface area contributed by atoms with E-state index in [-0.39, 0.29) is 6.04 Å². The Hall–Kier alpha value is -0.430. The van der Waals surface area contributed by atoms with E-state index in [0.717, 1.165) is 17.7 Å². The highest BCUT2D eigenvalue weighted by Gasteiger charge is 2.28. The molecule has 1 aromatic heterocycles. The summed E-state index contributed by atoms with van der Waals surface area (Å²) in [6.45, 7) is 5.11. The van der Waals surface area contributed by atoms with Crippen molar-refractivity contribution in [1.29, 1.82) is 0 Å². The summed E-state index contributed by atoms with van der Waals surface area (Å²) in [7, 11) is -1.51. The van der Waals surface area contributed by atoms with Crippen molar-refractivity contribution >= 4 is 21.4 Å². The third-order valence-electron chi connectivity index (χ3n) is 3.79. The van der Waals surface area contributed by atoms with E-state index in [1.165, 1.54) is 17.8 Å². The molecule has 2 atom stereocenters. The zero-order valence-corrected chi connectivity index (χ0v) is 14.0. The van der Waals surface area contributed by atoms with Gasteiger partial charge in [-0.3, -0.25) is 0 Å². The molecule has 1 aliphatic carbocycles. The molecule has 2 N–H and O–H groups in total. The Balaban J connectivity index is 2.06. The fourth-order valence-corrected chi connectivity index (χ4v) is 5.65. The molecule has 0 amide bonds. The topological polar surface area (TPSA) is 58.2 Å². The van der Waals surface area contributed by atoms with Crippen LogP contribution in [-0.4, -0.2) is 21.5 Å². The molecule has 0 aromatic carbocycles. The first-order valence-electron chi connectivity index (χ1n) is 7.15. The van der Waals surface area contributed by atoms with Gasteiger partial charge in [0.25, 0.3) is 0 Å². The van der Waals surface area contributed by atoms with E-state index in [1.54, 1.807) is 11.4 Å². The van der Waals surface area contributed by atoms with Gasteiger partial charge < -0.3 is 5.32 Å². The average Bonchev–Trinajstić information content (AvgIpc) is 2.76. The van der Waals surface area contributed by atoms with Crippen LogP contribution in [0.2, 0.25) is 0 Å². The molecule has 0 aliphatic heterocycles. The number of rotatable bonds is 5. The Morgan fingerprint density at radius 3 is 2.50 bits per heavy atom. The summed E-state index contributed by atoms with van der Waals surface area (Å²) in [4.78, 5) is 1.44. The molecule has 2 rings (SSSR count). The van der Waals surface area contributed by atoms with Crippen LogP contribution < -0.4 is 10.0 Å². The third-order valence-corrected chi connectivity index (χ3v) is 6.38. The van der Waals surface area contributed by atoms with Crippen molar-refractivity contribution < 1.29 is 8.42 Å². The monoisotopic (exact) mass is 316 g/mol. The fraction of sp³-hybridized carbons (Fsp3) is 0.714. The molecule has 0 bridgehead atoms. The number of hydrogen-bond donors (Lipinski definition) is 2. The maximum absolute atomic E-state index is 12.4. The summed E-state index contributed by atoms with van der Waals surface area (Å²) in [6, 6.07) is 1.84. The number of hydrogen-bond acceptors (Lipinski definition) is 4. The molecule has 1 aromatic rings. The van der Waals surface area contributed by atoms with Gasteiger partial charge in [-0.1, -0.05) is 13.8 Å². The minimum atomic E-state index is -3.37. The third kappa shape index (κ3) is 4.04. The zero-order chi connectivity index (χ0) is 14.8. The van der Waals surface area contributed by atoms with Crippen molar-refractivity contribution in [1.82, 2.24) is 10.0 Å². The maximum Gasteiger partial charge on any atom is 0.241 e. The summed E-state index contributed by atoms with van der Waals surface area (Å²) >= 11 is 1.48. The standard InChI is InChI=1S/C14H24N2O2S2/c1-10-4-11(2)6-12(5-10)16-20(17,18)14-7-13(8-15-3)19-9-14/h7,9-12,15-16H,4-6,8H2,1-3H3. The van der Waals surface area contributed by atoms with Gasteiger partial charge in [0.05, 0.1) is 4.90 Å². The van der Waals surface area contributed by atoms with Crippen molar-refractivity contribution in [3.8, 4) is 0 Å². The Kier molecular flexibility index (Phi) is 5.23. The summed E-state index contributed by atoms with van der Waals surface area (Å²) in [5, 5.41) is 4.76. The van der Waals surface area contributed by atoms with Crippen molar-refractivity contribution in [3.63, 3.8) is 0 Å². The normalized spacial score (nSPS) is 27.6. The van der Waals surface area contributed by atoms with Gasteiger partial charge in [-0.2, -0.15) is 0 Å². The average molecular weight is 316 g/mol. The van der Waals surface area contributed by atoms with Crippen molar-refractivity contribution in [2.24, 2.45) is 11.8 Å². The fourth-order valence-electron chi connectivity index (χ4n) is 3.10. The van der Waals surface area contributed by atoms with Gasteiger partial charge in [0.1, 0.15) is 0 Å². The van der Waals surface area contributed by atoms with E-state index in [4.69, 9.17) is 0 Å². The lowest BCUT2D eigenvalue weighted by Gasteiger charge is -2.31. The molecule has 4 nitrogen and oxygen atoms in total. The van der Waals surface area contributed by atoms with E-state index < -0.39 is 10.0 Å². The first kappa shape index (κ1) is 15.9. The predicted molar refractivity (Wildman–Crippen MR) is 83.4 cm³/mol. The molecule has 6 heteroatoms. The van der Waals surface area contributed by atoms with Gasteiger partial charge in [0.15, 0.2) is 0 Å². The minimum Gasteiger partial charge on any atom is -0.315 e. The molecular weight excluding hydrogens is 292 g/mol. The smallest absolute Gasteiger partial charge is 0.241 e. The number of thiophene rings is 1. The van der Waals surface area contributed by atoms with Crippen molar-refractivity contribution in [3.05, 3.63) is 16.3 Å². The van der Waals surface area contributed by atoms with Gasteiger partial charge in [-0.15, -0.1) is 11.3 Å². The molecule has 2 unspecified atom stereocenters. The Bertz CT molecular complexity index is 529. The van der Waals surface area contributed by atoms with Crippen LogP contribution in [0.4, 0.5) is 0 Å². The van der Waals surface area contributed by atoms with E-state index in [2.05, 4.69) is 23.9 Å². The molecule has 0 radical (unpaired) electrons. The molecule has 1 saturated carbocycles. The van der Waals surface area contributed by atoms with Crippen molar-refractivity contribution in [2.75, 3.05) is 7.05 Å². The molecule has 0 spiro atoms. The van der Waals surface area contributed by atoms with Gasteiger partial charge in [-0.05, 0) is 44.2 Å². The summed E-state index contributed by atoms with van der Waals surface area (Å²) < 4.78 is 27.7. The summed E-state index contributed by atoms with van der Waals surface area (Å²) in [5.74, 6) is 1.18. The molecule has 20 heavy (non-hydrogen) atoms. The molecule has 1 aliphatic rings. The lowest BCUT2D eigenvalue weighted by molar-refractivity contribution is 0.257. The Labute approximate surface area is 126 Å². The van der Waals surface area contributed by atoms with Gasteiger partial charge in [0, 0.05) is 22.8 Å². The van der Waals surface area contributed by atoms with E-state index in [0.29, 0.717) is 23.3 Å². The molecule has 1 fully saturated rings. The Morgan fingerprint density at radius 2 is 1.90 bits per heavy atom. The highest BCUT2D eigenvalue weighted by Crippen LogP contribution is 2.29. The first-order valence-corrected chi connectivity index (χ1v) is 9.51. The van der Waals surface area contributed by atoms with Gasteiger partial charge >= 0.3 is 0 Å². The molecule has 1 heterocycles. The van der Waals surface area contributed by atoms with Crippen LogP contribution in [0.15, 0.2) is 16.3 Å². The number of sulfonamides is 1. The van der Waals surface area contributed by atoms with Gasteiger partial charge in [-0.25, -0.2) is 13.1 Å². The highest BCUT2D eigenvalue weighted by molar-refractivity contribution is 7.89. The molecular formula is C14H24N2O2S2. The van der Waals surface area contributed by atoms with Gasteiger partial charge in [0.2, 0.25) is 10.0 Å². The van der Waals surface area contributed by atoms with Crippen LogP contribution in [0.3, 0.4) is 0 Å². The van der Waals surface area contributed by atoms with E-state index in [1.807, 2.05) is 7.05 Å². The summed E-state index contributed by atoms with van der Waals surface area (Å²) in [6.07, 6.45) is 3.08. The van der Waals surface area contributed by atoms with Crippen molar-refractivity contribution in [2.45, 2.75) is 50.6 Å². The second kappa shape index (κ2) is 6.56. The first-order chi connectivity index (χ1) is 9.40. The van der Waals surface area contributed by atoms with Crippen LogP contribution in [-0.2, 0) is 16.6 Å². The van der Waals surface area contributed by atoms with Crippen LogP contribution in [0.5, 0.6) is 0 Å². The Morgan fingerprint density at radius 1 is 1.25 bits per heavy atom. The molecule has 0 saturated heterocycles. The quantitative estimate of drug-likeness (QED) is 0.878. The molecule has 114 valence electrons. The maximum atomic E-state index is 12.4. The predicted octanol–water partition coefficient (Wildman–Crippen LogP) is 2.57. The van der Waals surface area contributed by atoms with Crippen LogP contribution in [0.1, 0.15) is 38.0 Å². The lowest BCUT2D eigenvalue weighted by atomic mass is 9.81. The van der Waals surface area contributed by atoms with Crippen LogP contribution >= 0.6 is 11.3 Å². The SMILES string of the molecule is CNCc1cc(S(=O)(=O)NC2CC(C)CC(C)C2)cs1. The van der Waals surface area contributed by atoms with E-state index >= 15 is 0 Å². The second-order valence-corrected chi connectivity index (χ2v) is 8.72. The largest absolute Gasteiger partial charge is 0.315 e. The lowest BCUT2D eigenvalue weighted by Crippen LogP contribution is -2.39. The minimum absolute atomic E-state index is 0.0754. The summed E-state index contributed by atoms with van der Waals surface area (Å²) in [5.41, 5.74) is 0. The van der Waals surface area contributed by atoms with Crippen LogP contribution in [0.25, 0.3) is 0 Å². The number of nitrogens with one attached hydrogen (secondary N) is 2. The zero-order valence-electron chi connectivity index (χ0n) is 12.3. The highest BCUT2D eigenvalue weighted by atomic mass is 32.2. The second-order valence-electron chi connectivity index (χ2n) is 6.01. The van der Waals surface area contributed by atoms with Crippen LogP contribution in [0, 0.1) is 11.8 Å². The van der Waals surface area contributed by atoms with E-state index in [9.17, 15) is 8.42 Å².